The van der Waals surface area contributed by atoms with Gasteiger partial charge in [0.1, 0.15) is 0 Å². The topological polar surface area (TPSA) is 29.3 Å². The summed E-state index contributed by atoms with van der Waals surface area (Å²) < 4.78 is 0. The maximum Gasteiger partial charge on any atom is 0.0193 e. The van der Waals surface area contributed by atoms with Crippen LogP contribution < -0.4 is 5.73 Å². The Balaban J connectivity index is 3.99. The highest BCUT2D eigenvalue weighted by molar-refractivity contribution is 4.83. The van der Waals surface area contributed by atoms with Crippen molar-refractivity contribution in [3.63, 3.8) is 0 Å². The zero-order chi connectivity index (χ0) is 11.0. The summed E-state index contributed by atoms with van der Waals surface area (Å²) in [5.74, 6) is 0.576. The summed E-state index contributed by atoms with van der Waals surface area (Å²) in [6.45, 7) is 14.5. The van der Waals surface area contributed by atoms with Gasteiger partial charge in [-0.1, -0.05) is 32.4 Å². The van der Waals surface area contributed by atoms with Crippen molar-refractivity contribution in [2.75, 3.05) is 19.6 Å². The fourth-order valence-corrected chi connectivity index (χ4v) is 1.37. The van der Waals surface area contributed by atoms with Crippen LogP contribution in [0.3, 0.4) is 0 Å². The molecule has 0 unspecified atom stereocenters. The van der Waals surface area contributed by atoms with Crippen LogP contribution in [0, 0.1) is 5.92 Å². The fraction of sp³-hybridized carbons (Fsp3) is 0.667. The zero-order valence-electron chi connectivity index (χ0n) is 9.58. The van der Waals surface area contributed by atoms with Gasteiger partial charge in [-0.15, -0.1) is 13.2 Å². The van der Waals surface area contributed by atoms with Crippen LogP contribution in [0.25, 0.3) is 0 Å². The molecular formula is C12H24N2. The van der Waals surface area contributed by atoms with Crippen LogP contribution in [0.1, 0.15) is 20.3 Å². The average Bonchev–Trinajstić information content (AvgIpc) is 2.17. The first-order valence-electron chi connectivity index (χ1n) is 5.35. The van der Waals surface area contributed by atoms with Gasteiger partial charge < -0.3 is 5.73 Å². The molecule has 0 aromatic rings. The van der Waals surface area contributed by atoms with Gasteiger partial charge in [-0.05, 0) is 5.92 Å². The number of rotatable bonds is 8. The summed E-state index contributed by atoms with van der Waals surface area (Å²) in [4.78, 5) is 2.26. The van der Waals surface area contributed by atoms with E-state index in [-0.39, 0.29) is 6.04 Å². The Morgan fingerprint density at radius 3 is 2.14 bits per heavy atom. The van der Waals surface area contributed by atoms with Crippen molar-refractivity contribution < 1.29 is 0 Å². The largest absolute Gasteiger partial charge is 0.326 e. The first-order chi connectivity index (χ1) is 6.65. The molecule has 0 aliphatic rings. The van der Waals surface area contributed by atoms with Crippen molar-refractivity contribution in [3.05, 3.63) is 25.3 Å². The second-order valence-electron chi connectivity index (χ2n) is 3.85. The van der Waals surface area contributed by atoms with E-state index < -0.39 is 0 Å². The molecule has 2 heteroatoms. The Hall–Kier alpha value is -0.600. The predicted molar refractivity (Wildman–Crippen MR) is 64.3 cm³/mol. The minimum absolute atomic E-state index is 0.250. The molecule has 0 heterocycles. The maximum atomic E-state index is 6.08. The lowest BCUT2D eigenvalue weighted by Crippen LogP contribution is -2.41. The Morgan fingerprint density at radius 2 is 1.79 bits per heavy atom. The molecule has 0 radical (unpaired) electrons. The van der Waals surface area contributed by atoms with E-state index in [1.54, 1.807) is 0 Å². The normalized spacial score (nSPS) is 15.1. The Bertz CT molecular complexity index is 156. The van der Waals surface area contributed by atoms with E-state index in [0.29, 0.717) is 5.92 Å². The summed E-state index contributed by atoms with van der Waals surface area (Å²) in [5.41, 5.74) is 6.08. The Morgan fingerprint density at radius 1 is 1.29 bits per heavy atom. The van der Waals surface area contributed by atoms with E-state index >= 15 is 0 Å². The van der Waals surface area contributed by atoms with Crippen molar-refractivity contribution in [1.29, 1.82) is 0 Å². The lowest BCUT2D eigenvalue weighted by atomic mass is 9.99. The highest BCUT2D eigenvalue weighted by atomic mass is 15.1. The minimum atomic E-state index is 0.250. The molecule has 82 valence electrons. The van der Waals surface area contributed by atoms with Crippen LogP contribution in [0.4, 0.5) is 0 Å². The fourth-order valence-electron chi connectivity index (χ4n) is 1.37. The van der Waals surface area contributed by atoms with Gasteiger partial charge in [0.25, 0.3) is 0 Å². The lowest BCUT2D eigenvalue weighted by molar-refractivity contribution is 0.273. The van der Waals surface area contributed by atoms with E-state index in [4.69, 9.17) is 5.73 Å². The molecule has 0 aromatic carbocycles. The van der Waals surface area contributed by atoms with Crippen molar-refractivity contribution >= 4 is 0 Å². The Labute approximate surface area is 88.5 Å². The van der Waals surface area contributed by atoms with Crippen molar-refractivity contribution in [2.24, 2.45) is 11.7 Å². The van der Waals surface area contributed by atoms with E-state index in [1.807, 2.05) is 12.2 Å². The predicted octanol–water partition coefficient (Wildman–Crippen LogP) is 2.03. The summed E-state index contributed by atoms with van der Waals surface area (Å²) >= 11 is 0. The molecule has 14 heavy (non-hydrogen) atoms. The highest BCUT2D eigenvalue weighted by Gasteiger charge is 2.13. The molecule has 2 nitrogen and oxygen atoms in total. The molecule has 0 fully saturated rings. The van der Waals surface area contributed by atoms with E-state index in [9.17, 15) is 0 Å². The van der Waals surface area contributed by atoms with Gasteiger partial charge in [-0.2, -0.15) is 0 Å². The SMILES string of the molecule is C=CCN(CC=C)C[C@H](N)[C@H](C)CC. The molecule has 0 aliphatic heterocycles. The van der Waals surface area contributed by atoms with Gasteiger partial charge in [-0.3, -0.25) is 4.90 Å². The van der Waals surface area contributed by atoms with Gasteiger partial charge in [0.2, 0.25) is 0 Å². The standard InChI is InChI=1S/C12H24N2/c1-5-8-14(9-6-2)10-12(13)11(4)7-3/h5-6,11-12H,1-2,7-10,13H2,3-4H3/t11-,12+/m1/s1. The minimum Gasteiger partial charge on any atom is -0.326 e. The number of hydrogen-bond donors (Lipinski definition) is 1. The first-order valence-corrected chi connectivity index (χ1v) is 5.35. The van der Waals surface area contributed by atoms with Gasteiger partial charge in [-0.25, -0.2) is 0 Å². The highest BCUT2D eigenvalue weighted by Crippen LogP contribution is 2.06. The molecular weight excluding hydrogens is 172 g/mol. The van der Waals surface area contributed by atoms with E-state index in [1.165, 1.54) is 0 Å². The van der Waals surface area contributed by atoms with Gasteiger partial charge in [0, 0.05) is 25.7 Å². The van der Waals surface area contributed by atoms with Crippen molar-refractivity contribution in [3.8, 4) is 0 Å². The van der Waals surface area contributed by atoms with Crippen LogP contribution >= 0.6 is 0 Å². The summed E-state index contributed by atoms with van der Waals surface area (Å²) in [7, 11) is 0. The molecule has 2 N–H and O–H groups in total. The van der Waals surface area contributed by atoms with Gasteiger partial charge in [0.15, 0.2) is 0 Å². The molecule has 0 bridgehead atoms. The number of nitrogens with zero attached hydrogens (tertiary/aromatic N) is 1. The van der Waals surface area contributed by atoms with Crippen molar-refractivity contribution in [1.82, 2.24) is 4.90 Å². The molecule has 0 saturated heterocycles. The average molecular weight is 196 g/mol. The third-order valence-corrected chi connectivity index (χ3v) is 2.62. The first kappa shape index (κ1) is 13.4. The summed E-state index contributed by atoms with van der Waals surface area (Å²) in [6, 6.07) is 0.250. The van der Waals surface area contributed by atoms with Crippen LogP contribution in [-0.4, -0.2) is 30.6 Å². The van der Waals surface area contributed by atoms with Gasteiger partial charge >= 0.3 is 0 Å². The van der Waals surface area contributed by atoms with Crippen molar-refractivity contribution in [2.45, 2.75) is 26.3 Å². The lowest BCUT2D eigenvalue weighted by Gasteiger charge is -2.26. The molecule has 2 atom stereocenters. The van der Waals surface area contributed by atoms with Crippen LogP contribution in [0.2, 0.25) is 0 Å². The molecule has 0 rings (SSSR count). The van der Waals surface area contributed by atoms with Gasteiger partial charge in [0.05, 0.1) is 0 Å². The second-order valence-corrected chi connectivity index (χ2v) is 3.85. The molecule has 0 aliphatic carbocycles. The van der Waals surface area contributed by atoms with E-state index in [0.717, 1.165) is 26.1 Å². The molecule has 0 amide bonds. The third-order valence-electron chi connectivity index (χ3n) is 2.62. The Kier molecular flexibility index (Phi) is 7.44. The maximum absolute atomic E-state index is 6.08. The molecule has 0 saturated carbocycles. The monoisotopic (exact) mass is 196 g/mol. The van der Waals surface area contributed by atoms with Crippen LogP contribution in [0.15, 0.2) is 25.3 Å². The van der Waals surface area contributed by atoms with E-state index in [2.05, 4.69) is 31.9 Å². The quantitative estimate of drug-likeness (QED) is 0.602. The zero-order valence-corrected chi connectivity index (χ0v) is 9.58. The number of nitrogens with two attached hydrogens (primary N) is 1. The van der Waals surface area contributed by atoms with Crippen LogP contribution in [0.5, 0.6) is 0 Å². The third kappa shape index (κ3) is 5.20. The van der Waals surface area contributed by atoms with Crippen LogP contribution in [-0.2, 0) is 0 Å². The summed E-state index contributed by atoms with van der Waals surface area (Å²) in [6.07, 6.45) is 4.96. The molecule has 0 aromatic heterocycles. The smallest absolute Gasteiger partial charge is 0.0193 e. The summed E-state index contributed by atoms with van der Waals surface area (Å²) in [5, 5.41) is 0. The molecule has 0 spiro atoms. The second kappa shape index (κ2) is 7.77. The number of hydrogen-bond acceptors (Lipinski definition) is 2.